The number of nitrogens with zero attached hydrogens (tertiary/aromatic N) is 1. The van der Waals surface area contributed by atoms with Gasteiger partial charge in [0.25, 0.3) is 5.91 Å². The summed E-state index contributed by atoms with van der Waals surface area (Å²) in [6.07, 6.45) is 10.7. The van der Waals surface area contributed by atoms with Crippen molar-refractivity contribution < 1.29 is 19.5 Å². The fourth-order valence-corrected chi connectivity index (χ4v) is 1.80. The van der Waals surface area contributed by atoms with Crippen molar-refractivity contribution >= 4 is 11.9 Å². The second kappa shape index (κ2) is 12.7. The highest BCUT2D eigenvalue weighted by atomic mass is 16.7. The van der Waals surface area contributed by atoms with Crippen LogP contribution in [0, 0.1) is 0 Å². The van der Waals surface area contributed by atoms with E-state index in [9.17, 15) is 9.59 Å². The lowest BCUT2D eigenvalue weighted by Gasteiger charge is -2.17. The molecule has 0 aromatic rings. The van der Waals surface area contributed by atoms with Crippen LogP contribution in [-0.2, 0) is 14.4 Å². The summed E-state index contributed by atoms with van der Waals surface area (Å²) in [7, 11) is 1.41. The standard InChI is InChI=1S/C15H27NO4/c1-3-4-5-6-7-8-9-11-14(17)16(20-2)13-10-12-15(18)19/h9,11H,3-8,10,12-13H2,1-2H3,(H,18,19). The van der Waals surface area contributed by atoms with E-state index >= 15 is 0 Å². The molecule has 5 nitrogen and oxygen atoms in total. The first-order valence-electron chi connectivity index (χ1n) is 7.35. The van der Waals surface area contributed by atoms with Crippen molar-refractivity contribution in [3.63, 3.8) is 0 Å². The van der Waals surface area contributed by atoms with Crippen molar-refractivity contribution in [3.05, 3.63) is 12.2 Å². The predicted octanol–water partition coefficient (Wildman–Crippen LogP) is 3.16. The Morgan fingerprint density at radius 2 is 1.85 bits per heavy atom. The largest absolute Gasteiger partial charge is 0.481 e. The summed E-state index contributed by atoms with van der Waals surface area (Å²) in [4.78, 5) is 27.1. The third-order valence-corrected chi connectivity index (χ3v) is 2.95. The van der Waals surface area contributed by atoms with Crippen molar-refractivity contribution in [1.82, 2.24) is 5.06 Å². The Morgan fingerprint density at radius 3 is 2.45 bits per heavy atom. The Labute approximate surface area is 121 Å². The smallest absolute Gasteiger partial charge is 0.303 e. The Bertz CT molecular complexity index is 302. The number of amides is 1. The maximum atomic E-state index is 11.8. The number of unbranched alkanes of at least 4 members (excludes halogenated alkanes) is 5. The van der Waals surface area contributed by atoms with Gasteiger partial charge in [0, 0.05) is 19.0 Å². The maximum Gasteiger partial charge on any atom is 0.303 e. The van der Waals surface area contributed by atoms with Gasteiger partial charge in [-0.05, 0) is 19.3 Å². The van der Waals surface area contributed by atoms with Gasteiger partial charge in [-0.25, -0.2) is 5.06 Å². The Balaban J connectivity index is 3.81. The lowest BCUT2D eigenvalue weighted by Crippen LogP contribution is -2.29. The molecule has 0 aliphatic heterocycles. The van der Waals surface area contributed by atoms with Crippen LogP contribution in [0.3, 0.4) is 0 Å². The molecule has 116 valence electrons. The highest BCUT2D eigenvalue weighted by molar-refractivity contribution is 5.86. The third-order valence-electron chi connectivity index (χ3n) is 2.95. The van der Waals surface area contributed by atoms with E-state index in [2.05, 4.69) is 6.92 Å². The van der Waals surface area contributed by atoms with Gasteiger partial charge in [0.05, 0.1) is 7.11 Å². The van der Waals surface area contributed by atoms with Crippen LogP contribution in [0.4, 0.5) is 0 Å². The third kappa shape index (κ3) is 10.6. The molecule has 0 bridgehead atoms. The number of allylic oxidation sites excluding steroid dienone is 1. The van der Waals surface area contributed by atoms with Crippen LogP contribution < -0.4 is 0 Å². The quantitative estimate of drug-likeness (QED) is 0.340. The van der Waals surface area contributed by atoms with Crippen molar-refractivity contribution in [2.75, 3.05) is 13.7 Å². The molecule has 0 saturated carbocycles. The fraction of sp³-hybridized carbons (Fsp3) is 0.733. The van der Waals surface area contributed by atoms with Crippen LogP contribution in [0.1, 0.15) is 58.3 Å². The molecule has 0 aliphatic rings. The van der Waals surface area contributed by atoms with Crippen molar-refractivity contribution in [2.24, 2.45) is 0 Å². The van der Waals surface area contributed by atoms with Crippen LogP contribution in [0.5, 0.6) is 0 Å². The summed E-state index contributed by atoms with van der Waals surface area (Å²) in [5.41, 5.74) is 0. The normalized spacial score (nSPS) is 10.9. The molecule has 0 atom stereocenters. The number of hydrogen-bond donors (Lipinski definition) is 1. The molecule has 1 N–H and O–H groups in total. The summed E-state index contributed by atoms with van der Waals surface area (Å²) >= 11 is 0. The van der Waals surface area contributed by atoms with Crippen molar-refractivity contribution in [3.8, 4) is 0 Å². The number of carboxylic acid groups (broad SMARTS) is 1. The molecule has 0 radical (unpaired) electrons. The van der Waals surface area contributed by atoms with E-state index < -0.39 is 5.97 Å². The number of aliphatic carboxylic acids is 1. The van der Waals surface area contributed by atoms with Gasteiger partial charge in [0.15, 0.2) is 0 Å². The molecular weight excluding hydrogens is 258 g/mol. The molecule has 0 rings (SSSR count). The van der Waals surface area contributed by atoms with Crippen molar-refractivity contribution in [2.45, 2.75) is 58.3 Å². The molecule has 0 fully saturated rings. The Morgan fingerprint density at radius 1 is 1.15 bits per heavy atom. The molecule has 20 heavy (non-hydrogen) atoms. The first kappa shape index (κ1) is 18.6. The van der Waals surface area contributed by atoms with Crippen LogP contribution in [-0.4, -0.2) is 35.7 Å². The van der Waals surface area contributed by atoms with E-state index in [4.69, 9.17) is 9.94 Å². The number of carboxylic acids is 1. The second-order valence-electron chi connectivity index (χ2n) is 4.73. The highest BCUT2D eigenvalue weighted by Crippen LogP contribution is 2.06. The molecule has 0 saturated heterocycles. The van der Waals surface area contributed by atoms with E-state index in [1.54, 1.807) is 0 Å². The monoisotopic (exact) mass is 285 g/mol. The van der Waals surface area contributed by atoms with Gasteiger partial charge in [-0.1, -0.05) is 38.7 Å². The summed E-state index contributed by atoms with van der Waals surface area (Å²) in [5.74, 6) is -1.09. The number of carbonyl (C=O) groups excluding carboxylic acids is 1. The molecule has 5 heteroatoms. The van der Waals surface area contributed by atoms with Crippen LogP contribution in [0.15, 0.2) is 12.2 Å². The Hall–Kier alpha value is -1.36. The zero-order valence-electron chi connectivity index (χ0n) is 12.6. The molecule has 0 aromatic heterocycles. The average molecular weight is 285 g/mol. The van der Waals surface area contributed by atoms with Gasteiger partial charge < -0.3 is 5.11 Å². The Kier molecular flexibility index (Phi) is 11.8. The van der Waals surface area contributed by atoms with Crippen LogP contribution in [0.2, 0.25) is 0 Å². The zero-order chi connectivity index (χ0) is 15.2. The van der Waals surface area contributed by atoms with Crippen molar-refractivity contribution in [1.29, 1.82) is 0 Å². The first-order chi connectivity index (χ1) is 9.61. The van der Waals surface area contributed by atoms with E-state index in [1.165, 1.54) is 43.9 Å². The molecular formula is C15H27NO4. The van der Waals surface area contributed by atoms with Gasteiger partial charge in [-0.2, -0.15) is 0 Å². The SMILES string of the molecule is CCCCCCCC=CC(=O)N(CCCC(=O)O)OC. The average Bonchev–Trinajstić information content (AvgIpc) is 2.42. The fourth-order valence-electron chi connectivity index (χ4n) is 1.80. The van der Waals surface area contributed by atoms with Gasteiger partial charge in [-0.15, -0.1) is 0 Å². The lowest BCUT2D eigenvalue weighted by atomic mass is 10.1. The lowest BCUT2D eigenvalue weighted by molar-refractivity contribution is -0.171. The summed E-state index contributed by atoms with van der Waals surface area (Å²) in [5, 5.41) is 9.73. The minimum absolute atomic E-state index is 0.0360. The van der Waals surface area contributed by atoms with Gasteiger partial charge in [0.1, 0.15) is 0 Å². The van der Waals surface area contributed by atoms with Crippen LogP contribution in [0.25, 0.3) is 0 Å². The van der Waals surface area contributed by atoms with E-state index in [0.717, 1.165) is 12.8 Å². The molecule has 0 aromatic carbocycles. The zero-order valence-corrected chi connectivity index (χ0v) is 12.6. The molecule has 0 aliphatic carbocycles. The summed E-state index contributed by atoms with van der Waals surface area (Å²) in [6, 6.07) is 0. The molecule has 0 unspecified atom stereocenters. The van der Waals surface area contributed by atoms with E-state index in [0.29, 0.717) is 13.0 Å². The van der Waals surface area contributed by atoms with Crippen LogP contribution >= 0.6 is 0 Å². The molecule has 1 amide bonds. The van der Waals surface area contributed by atoms with Gasteiger partial charge in [0.2, 0.25) is 0 Å². The maximum absolute atomic E-state index is 11.8. The first-order valence-corrected chi connectivity index (χ1v) is 7.35. The summed E-state index contributed by atoms with van der Waals surface area (Å²) in [6.45, 7) is 2.48. The summed E-state index contributed by atoms with van der Waals surface area (Å²) < 4.78 is 0. The van der Waals surface area contributed by atoms with Gasteiger partial charge >= 0.3 is 5.97 Å². The minimum Gasteiger partial charge on any atom is -0.481 e. The van der Waals surface area contributed by atoms with E-state index in [1.807, 2.05) is 6.08 Å². The number of carbonyl (C=O) groups is 2. The van der Waals surface area contributed by atoms with Gasteiger partial charge in [-0.3, -0.25) is 14.4 Å². The predicted molar refractivity (Wildman–Crippen MR) is 78.1 cm³/mol. The van der Waals surface area contributed by atoms with E-state index in [-0.39, 0.29) is 12.3 Å². The molecule has 0 spiro atoms. The topological polar surface area (TPSA) is 66.8 Å². The number of hydrogen-bond acceptors (Lipinski definition) is 3. The highest BCUT2D eigenvalue weighted by Gasteiger charge is 2.10. The number of rotatable bonds is 12. The second-order valence-corrected chi connectivity index (χ2v) is 4.73. The molecule has 0 heterocycles. The number of hydroxylamine groups is 2. The minimum atomic E-state index is -0.865.